The van der Waals surface area contributed by atoms with Crippen molar-refractivity contribution >= 4 is 40.8 Å². The van der Waals surface area contributed by atoms with Crippen molar-refractivity contribution in [1.82, 2.24) is 5.32 Å². The summed E-state index contributed by atoms with van der Waals surface area (Å²) in [5, 5.41) is 24.2. The van der Waals surface area contributed by atoms with Crippen LogP contribution in [0.2, 0.25) is 0 Å². The number of para-hydroxylation sites is 2. The van der Waals surface area contributed by atoms with Gasteiger partial charge >= 0.3 is 12.0 Å². The Kier molecular flexibility index (Phi) is 12.5. The number of carboxylic acids is 1. The Bertz CT molecular complexity index is 1460. The molecule has 0 spiro atoms. The third kappa shape index (κ3) is 9.82. The highest BCUT2D eigenvalue weighted by Crippen LogP contribution is 2.37. The lowest BCUT2D eigenvalue weighted by Crippen LogP contribution is -2.55. The predicted octanol–water partition coefficient (Wildman–Crippen LogP) is 5.59. The van der Waals surface area contributed by atoms with Gasteiger partial charge in [0.1, 0.15) is 6.04 Å². The van der Waals surface area contributed by atoms with Crippen LogP contribution in [0.4, 0.5) is 21.9 Å². The number of aliphatic carboxylic acids is 1. The molecule has 1 heterocycles. The molecule has 0 aromatic heterocycles. The zero-order chi connectivity index (χ0) is 35.9. The van der Waals surface area contributed by atoms with Gasteiger partial charge in [0, 0.05) is 29.7 Å². The normalized spacial score (nSPS) is 21.9. The summed E-state index contributed by atoms with van der Waals surface area (Å²) in [4.78, 5) is 56.0. The van der Waals surface area contributed by atoms with Crippen molar-refractivity contribution < 1.29 is 29.4 Å². The van der Waals surface area contributed by atoms with E-state index in [-0.39, 0.29) is 36.9 Å². The first-order valence-corrected chi connectivity index (χ1v) is 17.6. The number of amides is 3. The maximum Gasteiger partial charge on any atom is 0.319 e. The fourth-order valence-electron chi connectivity index (χ4n) is 6.54. The maximum atomic E-state index is 14.1. The van der Waals surface area contributed by atoms with E-state index in [2.05, 4.69) is 15.5 Å². The van der Waals surface area contributed by atoms with E-state index >= 15 is 0 Å². The molecule has 2 aromatic rings. The first-order chi connectivity index (χ1) is 23.1. The number of nitrogens with two attached hydrogens (primary N) is 1. The Hall–Kier alpha value is -3.96. The van der Waals surface area contributed by atoms with Crippen molar-refractivity contribution in [2.75, 3.05) is 28.2 Å². The number of aliphatic hydroxyl groups excluding tert-OH is 1. The van der Waals surface area contributed by atoms with Crippen molar-refractivity contribution in [2.24, 2.45) is 11.1 Å². The SMILES string of the molecule is CC(C)(C)C(=O)CN1C(=O)[C@H](NC(=O)Nc2cccc(C(C)(C)C(=O)O)c2)CN(C2CCCCC2)c2ccccc21.NC1CCC(O)CC1. The van der Waals surface area contributed by atoms with Crippen LogP contribution in [-0.2, 0) is 19.8 Å². The van der Waals surface area contributed by atoms with Crippen LogP contribution in [0.1, 0.15) is 98.0 Å². The first kappa shape index (κ1) is 37.9. The van der Waals surface area contributed by atoms with E-state index < -0.39 is 28.9 Å². The zero-order valence-corrected chi connectivity index (χ0v) is 29.7. The molecule has 2 saturated carbocycles. The highest BCUT2D eigenvalue weighted by Gasteiger charge is 2.39. The van der Waals surface area contributed by atoms with Gasteiger partial charge in [-0.3, -0.25) is 14.4 Å². The smallest absolute Gasteiger partial charge is 0.319 e. The Morgan fingerprint density at radius 3 is 2.10 bits per heavy atom. The molecule has 2 aromatic carbocycles. The summed E-state index contributed by atoms with van der Waals surface area (Å²) in [7, 11) is 0. The summed E-state index contributed by atoms with van der Waals surface area (Å²) in [5.41, 5.74) is 6.33. The molecule has 2 aliphatic carbocycles. The minimum atomic E-state index is -1.14. The number of nitrogens with one attached hydrogen (secondary N) is 2. The van der Waals surface area contributed by atoms with Gasteiger partial charge in [0.05, 0.1) is 29.4 Å². The Balaban J connectivity index is 0.000000592. The van der Waals surface area contributed by atoms with Gasteiger partial charge in [-0.2, -0.15) is 0 Å². The van der Waals surface area contributed by atoms with E-state index in [9.17, 15) is 24.3 Å². The third-order valence-corrected chi connectivity index (χ3v) is 10.0. The minimum Gasteiger partial charge on any atom is -0.481 e. The molecule has 3 amide bonds. The van der Waals surface area contributed by atoms with Crippen LogP contribution in [0.15, 0.2) is 48.5 Å². The molecule has 0 radical (unpaired) electrons. The standard InChI is InChI=1S/C32H42N4O5.C6H13NO/c1-31(2,3)27(37)20-36-26-17-10-9-16-25(26)35(23-14-7-6-8-15-23)19-24(28(36)38)34-30(41)33-22-13-11-12-21(18-22)32(4,5)29(39)40;7-5-1-3-6(8)4-2-5/h9-13,16-18,23-24H,6-8,14-15,19-20H2,1-5H3,(H,39,40)(H2,33,34,41);5-6,8H,1-4,7H2/t24-;/m1./s1. The van der Waals surface area contributed by atoms with Crippen molar-refractivity contribution in [2.45, 2.75) is 122 Å². The number of nitrogens with zero attached hydrogens (tertiary/aromatic N) is 2. The molecule has 49 heavy (non-hydrogen) atoms. The second-order valence-corrected chi connectivity index (χ2v) is 15.3. The van der Waals surface area contributed by atoms with Crippen LogP contribution < -0.4 is 26.2 Å². The molecular formula is C38H55N5O6. The van der Waals surface area contributed by atoms with Gasteiger partial charge in [-0.25, -0.2) is 4.79 Å². The van der Waals surface area contributed by atoms with E-state index in [0.717, 1.165) is 57.1 Å². The van der Waals surface area contributed by atoms with Crippen LogP contribution in [0.5, 0.6) is 0 Å². The number of hydrogen-bond acceptors (Lipinski definition) is 7. The number of aliphatic hydroxyl groups is 1. The van der Waals surface area contributed by atoms with Gasteiger partial charge in [0.15, 0.2) is 5.78 Å². The van der Waals surface area contributed by atoms with Gasteiger partial charge in [-0.1, -0.05) is 64.3 Å². The van der Waals surface area contributed by atoms with Crippen molar-refractivity contribution in [1.29, 1.82) is 0 Å². The molecule has 0 bridgehead atoms. The van der Waals surface area contributed by atoms with Crippen molar-refractivity contribution in [3.63, 3.8) is 0 Å². The lowest BCUT2D eigenvalue weighted by molar-refractivity contribution is -0.142. The number of fused-ring (bicyclic) bond motifs is 1. The number of ketones is 1. The fourth-order valence-corrected chi connectivity index (χ4v) is 6.54. The topological polar surface area (TPSA) is 165 Å². The van der Waals surface area contributed by atoms with E-state index in [1.807, 2.05) is 45.0 Å². The monoisotopic (exact) mass is 677 g/mol. The number of urea groups is 1. The largest absolute Gasteiger partial charge is 0.481 e. The number of carbonyl (C=O) groups excluding carboxylic acids is 3. The van der Waals surface area contributed by atoms with Crippen LogP contribution in [-0.4, -0.2) is 71.2 Å². The second-order valence-electron chi connectivity index (χ2n) is 15.3. The van der Waals surface area contributed by atoms with Crippen LogP contribution >= 0.6 is 0 Å². The molecule has 0 saturated heterocycles. The average Bonchev–Trinajstić information content (AvgIpc) is 3.17. The fraction of sp³-hybridized carbons (Fsp3) is 0.579. The number of hydrogen-bond donors (Lipinski definition) is 5. The molecule has 1 aliphatic heterocycles. The molecule has 11 heteroatoms. The maximum absolute atomic E-state index is 14.1. The van der Waals surface area contributed by atoms with Gasteiger partial charge in [0.25, 0.3) is 5.91 Å². The van der Waals surface area contributed by atoms with E-state index in [0.29, 0.717) is 23.0 Å². The third-order valence-electron chi connectivity index (χ3n) is 10.0. The molecule has 5 rings (SSSR count). The highest BCUT2D eigenvalue weighted by atomic mass is 16.4. The number of anilines is 3. The molecule has 3 aliphatic rings. The first-order valence-electron chi connectivity index (χ1n) is 17.6. The lowest BCUT2D eigenvalue weighted by Gasteiger charge is -2.37. The molecular weight excluding hydrogens is 622 g/mol. The molecule has 6 N–H and O–H groups in total. The molecule has 268 valence electrons. The van der Waals surface area contributed by atoms with E-state index in [1.165, 1.54) is 11.3 Å². The predicted molar refractivity (Wildman–Crippen MR) is 193 cm³/mol. The summed E-state index contributed by atoms with van der Waals surface area (Å²) < 4.78 is 0. The van der Waals surface area contributed by atoms with E-state index in [4.69, 9.17) is 10.8 Å². The van der Waals surface area contributed by atoms with Crippen LogP contribution in [0.3, 0.4) is 0 Å². The van der Waals surface area contributed by atoms with Gasteiger partial charge in [-0.05, 0) is 82.2 Å². The van der Waals surface area contributed by atoms with Crippen molar-refractivity contribution in [3.05, 3.63) is 54.1 Å². The quantitative estimate of drug-likeness (QED) is 0.253. The summed E-state index contributed by atoms with van der Waals surface area (Å²) in [6.07, 6.45) is 9.12. The number of carboxylic acid groups (broad SMARTS) is 1. The van der Waals surface area contributed by atoms with E-state index in [1.54, 1.807) is 38.1 Å². The van der Waals surface area contributed by atoms with Gasteiger partial charge in [0.2, 0.25) is 0 Å². The Labute approximate surface area is 290 Å². The average molecular weight is 678 g/mol. The van der Waals surface area contributed by atoms with Crippen LogP contribution in [0, 0.1) is 5.41 Å². The number of Topliss-reactive ketones (excluding diaryl/α,β-unsaturated/α-hetero) is 1. The highest BCUT2D eigenvalue weighted by molar-refractivity contribution is 6.08. The lowest BCUT2D eigenvalue weighted by atomic mass is 9.84. The molecule has 11 nitrogen and oxygen atoms in total. The number of carbonyl (C=O) groups is 4. The van der Waals surface area contributed by atoms with Crippen molar-refractivity contribution in [3.8, 4) is 0 Å². The Morgan fingerprint density at radius 2 is 1.51 bits per heavy atom. The number of rotatable bonds is 7. The molecule has 1 atom stereocenters. The second kappa shape index (κ2) is 16.2. The molecule has 2 fully saturated rings. The summed E-state index contributed by atoms with van der Waals surface area (Å²) >= 11 is 0. The summed E-state index contributed by atoms with van der Waals surface area (Å²) in [6, 6.07) is 13.5. The van der Waals surface area contributed by atoms with Gasteiger partial charge in [-0.15, -0.1) is 0 Å². The zero-order valence-electron chi connectivity index (χ0n) is 29.7. The summed E-state index contributed by atoms with van der Waals surface area (Å²) in [5.74, 6) is -1.40. The van der Waals surface area contributed by atoms with Crippen LogP contribution in [0.25, 0.3) is 0 Å². The summed E-state index contributed by atoms with van der Waals surface area (Å²) in [6.45, 7) is 8.89. The Morgan fingerprint density at radius 1 is 0.878 bits per heavy atom. The molecule has 0 unspecified atom stereocenters. The van der Waals surface area contributed by atoms with Gasteiger partial charge < -0.3 is 36.4 Å². The minimum absolute atomic E-state index is 0.0604. The number of benzene rings is 2.